The minimum atomic E-state index is -1.04. The van der Waals surface area contributed by atoms with Crippen LogP contribution in [0.3, 0.4) is 0 Å². The second kappa shape index (κ2) is 8.08. The molecule has 3 atom stereocenters. The molecule has 0 aromatic heterocycles. The number of thiocarbonyl (C=S) groups is 1. The molecular weight excluding hydrogens is 434 g/mol. The maximum Gasteiger partial charge on any atom is 0.236 e. The van der Waals surface area contributed by atoms with Crippen molar-refractivity contribution in [3.63, 3.8) is 0 Å². The molecule has 7 heteroatoms. The number of hydrogen-bond acceptors (Lipinski definition) is 4. The highest BCUT2D eigenvalue weighted by molar-refractivity contribution is 7.80. The maximum atomic E-state index is 13.8. The monoisotopic (exact) mass is 459 g/mol. The van der Waals surface area contributed by atoms with E-state index in [4.69, 9.17) is 21.7 Å². The highest BCUT2D eigenvalue weighted by Crippen LogP contribution is 2.49. The van der Waals surface area contributed by atoms with Crippen LogP contribution < -0.4 is 25.0 Å². The van der Waals surface area contributed by atoms with Crippen LogP contribution in [0, 0.1) is 12.8 Å². The van der Waals surface area contributed by atoms with Crippen LogP contribution >= 0.6 is 12.2 Å². The van der Waals surface area contributed by atoms with Crippen LogP contribution in [0.1, 0.15) is 24.1 Å². The number of para-hydroxylation sites is 1. The quantitative estimate of drug-likeness (QED) is 0.547. The van der Waals surface area contributed by atoms with Crippen molar-refractivity contribution >= 4 is 34.6 Å². The zero-order valence-electron chi connectivity index (χ0n) is 18.7. The lowest BCUT2D eigenvalue weighted by Crippen LogP contribution is -2.72. The van der Waals surface area contributed by atoms with E-state index < -0.39 is 11.6 Å². The van der Waals surface area contributed by atoms with Gasteiger partial charge in [0.05, 0.1) is 13.2 Å². The summed E-state index contributed by atoms with van der Waals surface area (Å²) < 4.78 is 11.8. The number of fused-ring (bicyclic) bond motifs is 4. The van der Waals surface area contributed by atoms with Gasteiger partial charge in [-0.15, -0.1) is 0 Å². The number of methoxy groups -OCH3 is 1. The second-order valence-corrected chi connectivity index (χ2v) is 8.88. The van der Waals surface area contributed by atoms with E-state index in [9.17, 15) is 4.79 Å². The van der Waals surface area contributed by atoms with Gasteiger partial charge in [-0.3, -0.25) is 9.69 Å². The topological polar surface area (TPSA) is 62.8 Å². The Hall–Kier alpha value is -3.58. The normalized spacial score (nSPS) is 23.1. The number of carbonyl (C=O) groups excluding carboxylic acids is 1. The van der Waals surface area contributed by atoms with E-state index in [1.807, 2.05) is 91.5 Å². The number of anilines is 2. The molecular formula is C26H25N3O3S. The molecule has 0 aliphatic carbocycles. The molecule has 168 valence electrons. The number of carbonyl (C=O) groups is 1. The number of hydrogen-bond donors (Lipinski definition) is 2. The number of nitrogens with zero attached hydrogens (tertiary/aromatic N) is 1. The standard InChI is InChI=1S/C26H25N3O3S/c1-16-7-6-8-18(15-16)29-25(33)28-23-20-9-4-5-10-21(20)32-26(29,2)22(23)24(30)27-17-11-13-19(31-3)14-12-17/h4-15,22-23H,1-3H3,(H,27,30)(H,28,33)/t22-,23-,26-/m0/s1. The SMILES string of the molecule is COc1ccc(NC(=O)[C@@H]2[C@H]3NC(=S)N(c4cccc(C)c4)[C@@]2(C)Oc2ccccc23)cc1. The maximum absolute atomic E-state index is 13.8. The van der Waals surface area contributed by atoms with Crippen LogP contribution in [0.5, 0.6) is 11.5 Å². The van der Waals surface area contributed by atoms with Crippen LogP contribution in [-0.2, 0) is 4.79 Å². The predicted molar refractivity (Wildman–Crippen MR) is 133 cm³/mol. The molecule has 2 aliphatic rings. The van der Waals surface area contributed by atoms with E-state index in [0.29, 0.717) is 10.8 Å². The first-order valence-corrected chi connectivity index (χ1v) is 11.2. The van der Waals surface area contributed by atoms with Crippen molar-refractivity contribution < 1.29 is 14.3 Å². The Bertz CT molecular complexity index is 1230. The second-order valence-electron chi connectivity index (χ2n) is 8.49. The highest BCUT2D eigenvalue weighted by Gasteiger charge is 2.59. The molecule has 1 saturated heterocycles. The first-order chi connectivity index (χ1) is 15.9. The molecule has 0 radical (unpaired) electrons. The van der Waals surface area contributed by atoms with Gasteiger partial charge in [0, 0.05) is 16.9 Å². The molecule has 6 nitrogen and oxygen atoms in total. The first kappa shape index (κ1) is 21.3. The molecule has 2 bridgehead atoms. The van der Waals surface area contributed by atoms with Crippen LogP contribution in [0.2, 0.25) is 0 Å². The lowest BCUT2D eigenvalue weighted by molar-refractivity contribution is -0.130. The molecule has 1 amide bonds. The van der Waals surface area contributed by atoms with Gasteiger partial charge in [0.1, 0.15) is 17.4 Å². The zero-order chi connectivity index (χ0) is 23.2. The Morgan fingerprint density at radius 2 is 1.88 bits per heavy atom. The number of ether oxygens (including phenoxy) is 2. The minimum absolute atomic E-state index is 0.158. The molecule has 2 aliphatic heterocycles. The fourth-order valence-corrected chi connectivity index (χ4v) is 5.19. The Kier molecular flexibility index (Phi) is 5.21. The highest BCUT2D eigenvalue weighted by atomic mass is 32.1. The van der Waals surface area contributed by atoms with Crippen molar-refractivity contribution in [3.8, 4) is 11.5 Å². The van der Waals surface area contributed by atoms with Crippen LogP contribution in [0.15, 0.2) is 72.8 Å². The molecule has 3 aromatic rings. The minimum Gasteiger partial charge on any atom is -0.497 e. The van der Waals surface area contributed by atoms with Crippen molar-refractivity contribution in [2.24, 2.45) is 5.92 Å². The smallest absolute Gasteiger partial charge is 0.236 e. The molecule has 0 unspecified atom stereocenters. The number of amides is 1. The van der Waals surface area contributed by atoms with E-state index in [1.165, 1.54) is 0 Å². The molecule has 2 heterocycles. The van der Waals surface area contributed by atoms with Gasteiger partial charge in [-0.05, 0) is 74.1 Å². The van der Waals surface area contributed by atoms with Gasteiger partial charge in [-0.1, -0.05) is 30.3 Å². The third-order valence-electron chi connectivity index (χ3n) is 6.31. The Morgan fingerprint density at radius 1 is 1.12 bits per heavy atom. The number of rotatable bonds is 4. The largest absolute Gasteiger partial charge is 0.497 e. The lowest BCUT2D eigenvalue weighted by atomic mass is 9.78. The summed E-state index contributed by atoms with van der Waals surface area (Å²) >= 11 is 5.79. The zero-order valence-corrected chi connectivity index (χ0v) is 19.5. The summed E-state index contributed by atoms with van der Waals surface area (Å²) in [7, 11) is 1.61. The summed E-state index contributed by atoms with van der Waals surface area (Å²) in [5, 5.41) is 7.01. The Labute approximate surface area is 198 Å². The summed E-state index contributed by atoms with van der Waals surface area (Å²) in [6.07, 6.45) is 0. The summed E-state index contributed by atoms with van der Waals surface area (Å²) in [6, 6.07) is 22.8. The van der Waals surface area contributed by atoms with Crippen LogP contribution in [0.4, 0.5) is 11.4 Å². The molecule has 0 saturated carbocycles. The van der Waals surface area contributed by atoms with Gasteiger partial charge in [-0.25, -0.2) is 0 Å². The van der Waals surface area contributed by atoms with E-state index in [2.05, 4.69) is 10.6 Å². The fourth-order valence-electron chi connectivity index (χ4n) is 4.78. The molecule has 0 spiro atoms. The fraction of sp³-hybridized carbons (Fsp3) is 0.231. The Balaban J connectivity index is 1.59. The molecule has 1 fully saturated rings. The summed E-state index contributed by atoms with van der Waals surface area (Å²) in [4.78, 5) is 15.7. The molecule has 2 N–H and O–H groups in total. The summed E-state index contributed by atoms with van der Waals surface area (Å²) in [6.45, 7) is 3.96. The van der Waals surface area contributed by atoms with Gasteiger partial charge < -0.3 is 20.1 Å². The van der Waals surface area contributed by atoms with Crippen molar-refractivity contribution in [2.45, 2.75) is 25.6 Å². The van der Waals surface area contributed by atoms with Gasteiger partial charge in [0.25, 0.3) is 0 Å². The van der Waals surface area contributed by atoms with E-state index in [1.54, 1.807) is 7.11 Å². The molecule has 3 aromatic carbocycles. The molecule has 5 rings (SSSR count). The summed E-state index contributed by atoms with van der Waals surface area (Å²) in [5.41, 5.74) is 2.53. The van der Waals surface area contributed by atoms with E-state index in [0.717, 1.165) is 28.3 Å². The number of aryl methyl sites for hydroxylation is 1. The predicted octanol–water partition coefficient (Wildman–Crippen LogP) is 4.80. The van der Waals surface area contributed by atoms with Crippen molar-refractivity contribution in [1.82, 2.24) is 5.32 Å². The van der Waals surface area contributed by atoms with Crippen LogP contribution in [0.25, 0.3) is 0 Å². The number of benzene rings is 3. The van der Waals surface area contributed by atoms with Gasteiger partial charge in [0.2, 0.25) is 5.91 Å². The van der Waals surface area contributed by atoms with Crippen molar-refractivity contribution in [3.05, 3.63) is 83.9 Å². The van der Waals surface area contributed by atoms with Crippen LogP contribution in [-0.4, -0.2) is 23.9 Å². The van der Waals surface area contributed by atoms with Gasteiger partial charge >= 0.3 is 0 Å². The van der Waals surface area contributed by atoms with Gasteiger partial charge in [-0.2, -0.15) is 0 Å². The van der Waals surface area contributed by atoms with Crippen molar-refractivity contribution in [1.29, 1.82) is 0 Å². The molecule has 33 heavy (non-hydrogen) atoms. The Morgan fingerprint density at radius 3 is 2.61 bits per heavy atom. The number of nitrogens with one attached hydrogen (secondary N) is 2. The summed E-state index contributed by atoms with van der Waals surface area (Å²) in [5.74, 6) is 0.729. The van der Waals surface area contributed by atoms with E-state index >= 15 is 0 Å². The average Bonchev–Trinajstić information content (AvgIpc) is 2.79. The average molecular weight is 460 g/mol. The van der Waals surface area contributed by atoms with E-state index in [-0.39, 0.29) is 11.9 Å². The van der Waals surface area contributed by atoms with Crippen molar-refractivity contribution in [2.75, 3.05) is 17.3 Å². The third kappa shape index (κ3) is 3.58. The first-order valence-electron chi connectivity index (χ1n) is 10.8. The third-order valence-corrected chi connectivity index (χ3v) is 6.61. The lowest BCUT2D eigenvalue weighted by Gasteiger charge is -2.56. The van der Waals surface area contributed by atoms with Gasteiger partial charge in [0.15, 0.2) is 10.8 Å².